The summed E-state index contributed by atoms with van der Waals surface area (Å²) < 4.78 is 5.95. The molecule has 0 radical (unpaired) electrons. The molecule has 1 fully saturated rings. The van der Waals surface area contributed by atoms with Crippen molar-refractivity contribution in [2.24, 2.45) is 5.92 Å². The van der Waals surface area contributed by atoms with Gasteiger partial charge >= 0.3 is 4.87 Å². The van der Waals surface area contributed by atoms with Gasteiger partial charge in [0.15, 0.2) is 6.61 Å². The second-order valence-corrected chi connectivity index (χ2v) is 12.5. The van der Waals surface area contributed by atoms with Gasteiger partial charge < -0.3 is 15.0 Å². The van der Waals surface area contributed by atoms with Gasteiger partial charge in [0, 0.05) is 39.2 Å². The summed E-state index contributed by atoms with van der Waals surface area (Å²) in [7, 11) is 0. The number of nitrogens with zero attached hydrogens (tertiary/aromatic N) is 2. The third kappa shape index (κ3) is 5.42. The van der Waals surface area contributed by atoms with Gasteiger partial charge in [-0.3, -0.25) is 29.3 Å². The van der Waals surface area contributed by atoms with Gasteiger partial charge in [0.25, 0.3) is 11.6 Å². The molecule has 0 aliphatic carbocycles. The summed E-state index contributed by atoms with van der Waals surface area (Å²) in [6.45, 7) is 1.58. The zero-order chi connectivity index (χ0) is 30.4. The van der Waals surface area contributed by atoms with E-state index >= 15 is 0 Å². The van der Waals surface area contributed by atoms with Crippen molar-refractivity contribution >= 4 is 69.5 Å². The van der Waals surface area contributed by atoms with Crippen LogP contribution in [0.4, 0.5) is 17.1 Å². The van der Waals surface area contributed by atoms with Crippen molar-refractivity contribution in [2.45, 2.75) is 23.1 Å². The van der Waals surface area contributed by atoms with E-state index in [1.165, 1.54) is 24.3 Å². The number of hydrogen-bond donors (Lipinski definition) is 2. The number of hydrogen-bond acceptors (Lipinski definition) is 9. The summed E-state index contributed by atoms with van der Waals surface area (Å²) in [6.07, 6.45) is 0. The van der Waals surface area contributed by atoms with Gasteiger partial charge in [-0.05, 0) is 49.4 Å². The molecule has 2 aliphatic heterocycles. The van der Waals surface area contributed by atoms with Crippen LogP contribution in [0.3, 0.4) is 0 Å². The maximum absolute atomic E-state index is 14.0. The molecule has 6 rings (SSSR count). The van der Waals surface area contributed by atoms with E-state index in [-0.39, 0.29) is 28.6 Å². The average Bonchev–Trinajstić information content (AvgIpc) is 3.47. The Balaban J connectivity index is 1.35. The topological polar surface area (TPSA) is 152 Å². The number of fused-ring (bicyclic) bond motifs is 2. The van der Waals surface area contributed by atoms with Gasteiger partial charge in [-0.2, -0.15) is 0 Å². The fourth-order valence-electron chi connectivity index (χ4n) is 5.20. The molecule has 0 saturated carbocycles. The van der Waals surface area contributed by atoms with Crippen LogP contribution in [0.1, 0.15) is 21.9 Å². The quantitative estimate of drug-likeness (QED) is 0.161. The first kappa shape index (κ1) is 28.6. The molecule has 1 saturated heterocycles. The molecule has 3 atom stereocenters. The number of amides is 3. The van der Waals surface area contributed by atoms with E-state index in [2.05, 4.69) is 10.3 Å². The van der Waals surface area contributed by atoms with Gasteiger partial charge in [0.1, 0.15) is 11.0 Å². The van der Waals surface area contributed by atoms with E-state index in [1.807, 2.05) is 19.1 Å². The lowest BCUT2D eigenvalue weighted by molar-refractivity contribution is -0.384. The van der Waals surface area contributed by atoms with Crippen molar-refractivity contribution in [2.75, 3.05) is 16.8 Å². The van der Waals surface area contributed by atoms with Gasteiger partial charge in [-0.25, -0.2) is 4.90 Å². The number of nitro groups is 1. The lowest BCUT2D eigenvalue weighted by atomic mass is 9.82. The Hall–Kier alpha value is -4.46. The van der Waals surface area contributed by atoms with Gasteiger partial charge in [0.05, 0.1) is 21.6 Å². The summed E-state index contributed by atoms with van der Waals surface area (Å²) in [5.41, 5.74) is 2.10. The molecule has 11 nitrogen and oxygen atoms in total. The highest BCUT2D eigenvalue weighted by Gasteiger charge is 2.57. The van der Waals surface area contributed by atoms with E-state index in [0.717, 1.165) is 33.6 Å². The Morgan fingerprint density at radius 1 is 1.07 bits per heavy atom. The van der Waals surface area contributed by atoms with Crippen LogP contribution in [-0.2, 0) is 14.4 Å². The molecule has 2 N–H and O–H groups in total. The summed E-state index contributed by atoms with van der Waals surface area (Å²) in [4.78, 5) is 67.4. The molecule has 0 unspecified atom stereocenters. The second kappa shape index (κ2) is 11.3. The maximum atomic E-state index is 14.0. The number of imide groups is 1. The minimum absolute atomic E-state index is 0.181. The number of aromatic amines is 1. The number of aryl methyl sites for hydroxylation is 1. The Bertz CT molecular complexity index is 1840. The summed E-state index contributed by atoms with van der Waals surface area (Å²) in [6, 6.07) is 17.2. The van der Waals surface area contributed by atoms with E-state index in [0.29, 0.717) is 26.2 Å². The highest BCUT2D eigenvalue weighted by molar-refractivity contribution is 8.00. The van der Waals surface area contributed by atoms with Gasteiger partial charge in [0.2, 0.25) is 11.8 Å². The van der Waals surface area contributed by atoms with Crippen molar-refractivity contribution in [3.8, 4) is 5.75 Å². The van der Waals surface area contributed by atoms with E-state index in [9.17, 15) is 29.3 Å². The van der Waals surface area contributed by atoms with Crippen molar-refractivity contribution in [1.29, 1.82) is 0 Å². The van der Waals surface area contributed by atoms with Gasteiger partial charge in [-0.1, -0.05) is 52.4 Å². The SMILES string of the molecule is Cc1ccc(NC(=O)COc2ccc(Cl)cc2[C@@H]2c3sc(=O)[nH]c3S[C@H]3C(=O)N(c4ccc([N+](=O)[O-])cc4)C(=O)[C@@H]23)cc1. The summed E-state index contributed by atoms with van der Waals surface area (Å²) in [5, 5.41) is 13.8. The number of thiazole rings is 1. The number of nitrogens with one attached hydrogen (secondary N) is 2. The lowest BCUT2D eigenvalue weighted by Crippen LogP contribution is -2.32. The Morgan fingerprint density at radius 3 is 2.49 bits per heavy atom. The standard InChI is InChI=1S/C29H21ClN4O7S2/c1-14-2-5-16(6-3-14)31-21(35)13-41-20-11-4-15(30)12-19(20)22-23-25(42-26-24(22)43-29(38)32-26)28(37)33(27(23)36)17-7-9-18(10-8-17)34(39)40/h2-12,22-23,25H,13H2,1H3,(H,31,35)(H,32,38)/t22-,23-,25+/m0/s1. The number of non-ortho nitro benzene ring substituents is 1. The molecular formula is C29H21ClN4O7S2. The average molecular weight is 637 g/mol. The van der Waals surface area contributed by atoms with Crippen molar-refractivity contribution < 1.29 is 24.0 Å². The van der Waals surface area contributed by atoms with Crippen molar-refractivity contribution in [1.82, 2.24) is 4.98 Å². The number of carbonyl (C=O) groups is 3. The molecule has 0 bridgehead atoms. The number of carbonyl (C=O) groups excluding carboxylic acids is 3. The molecule has 3 heterocycles. The van der Waals surface area contributed by atoms with Crippen LogP contribution in [0.25, 0.3) is 0 Å². The maximum Gasteiger partial charge on any atom is 0.305 e. The van der Waals surface area contributed by atoms with E-state index < -0.39 is 39.7 Å². The molecule has 2 aliphatic rings. The number of rotatable bonds is 7. The number of aromatic nitrogens is 1. The Kier molecular flexibility index (Phi) is 7.54. The highest BCUT2D eigenvalue weighted by atomic mass is 35.5. The van der Waals surface area contributed by atoms with Crippen LogP contribution in [0.2, 0.25) is 5.02 Å². The highest BCUT2D eigenvalue weighted by Crippen LogP contribution is 2.54. The van der Waals surface area contributed by atoms with Gasteiger partial charge in [-0.15, -0.1) is 0 Å². The van der Waals surface area contributed by atoms with Crippen LogP contribution < -0.4 is 19.8 Å². The number of halogens is 1. The molecule has 0 spiro atoms. The Labute approximate surface area is 257 Å². The minimum Gasteiger partial charge on any atom is -0.483 e. The monoisotopic (exact) mass is 636 g/mol. The molecular weight excluding hydrogens is 616 g/mol. The normalized spacial score (nSPS) is 19.1. The third-order valence-corrected chi connectivity index (χ3v) is 9.78. The van der Waals surface area contributed by atoms with Crippen LogP contribution in [0.15, 0.2) is 76.6 Å². The number of benzene rings is 3. The predicted molar refractivity (Wildman–Crippen MR) is 162 cm³/mol. The van der Waals surface area contributed by atoms with Crippen LogP contribution >= 0.6 is 34.7 Å². The minimum atomic E-state index is -0.950. The zero-order valence-electron chi connectivity index (χ0n) is 22.2. The fraction of sp³-hybridized carbons (Fsp3) is 0.172. The lowest BCUT2D eigenvalue weighted by Gasteiger charge is -2.31. The molecule has 1 aromatic heterocycles. The largest absolute Gasteiger partial charge is 0.483 e. The zero-order valence-corrected chi connectivity index (χ0v) is 24.6. The molecule has 3 amide bonds. The summed E-state index contributed by atoms with van der Waals surface area (Å²) in [5.74, 6) is -2.95. The fourth-order valence-corrected chi connectivity index (χ4v) is 7.89. The van der Waals surface area contributed by atoms with Crippen LogP contribution in [0, 0.1) is 23.0 Å². The number of anilines is 2. The molecule has 218 valence electrons. The summed E-state index contributed by atoms with van der Waals surface area (Å²) >= 11 is 8.42. The first-order valence-corrected chi connectivity index (χ1v) is 15.0. The number of nitro benzene ring substituents is 1. The van der Waals surface area contributed by atoms with Crippen LogP contribution in [0.5, 0.6) is 5.75 Å². The molecule has 4 aromatic rings. The first-order valence-electron chi connectivity index (χ1n) is 12.9. The number of thioether (sulfide) groups is 1. The third-order valence-electron chi connectivity index (χ3n) is 7.14. The predicted octanol–water partition coefficient (Wildman–Crippen LogP) is 5.12. The number of ether oxygens (including phenoxy) is 1. The smallest absolute Gasteiger partial charge is 0.305 e. The first-order chi connectivity index (χ1) is 20.6. The molecule has 43 heavy (non-hydrogen) atoms. The van der Waals surface area contributed by atoms with Crippen molar-refractivity contribution in [3.63, 3.8) is 0 Å². The van der Waals surface area contributed by atoms with E-state index in [4.69, 9.17) is 16.3 Å². The van der Waals surface area contributed by atoms with Crippen LogP contribution in [-0.4, -0.2) is 39.5 Å². The molecule has 3 aromatic carbocycles. The second-order valence-electron chi connectivity index (χ2n) is 9.92. The number of H-pyrrole nitrogens is 1. The van der Waals surface area contributed by atoms with Crippen molar-refractivity contribution in [3.05, 3.63) is 108 Å². The van der Waals surface area contributed by atoms with E-state index in [1.54, 1.807) is 30.3 Å². The Morgan fingerprint density at radius 2 is 1.79 bits per heavy atom. The molecule has 14 heteroatoms.